The van der Waals surface area contributed by atoms with Gasteiger partial charge in [-0.1, -0.05) is 12.1 Å². The van der Waals surface area contributed by atoms with E-state index in [1.165, 1.54) is 13.5 Å². The number of nitrogens with one attached hydrogen (secondary N) is 2. The first-order valence-corrected chi connectivity index (χ1v) is 11.3. The second-order valence-corrected chi connectivity index (χ2v) is 8.71. The van der Waals surface area contributed by atoms with Crippen molar-refractivity contribution in [3.63, 3.8) is 0 Å². The van der Waals surface area contributed by atoms with Gasteiger partial charge in [-0.25, -0.2) is 4.98 Å². The Bertz CT molecular complexity index is 1190. The Labute approximate surface area is 208 Å². The molecule has 0 aliphatic carbocycles. The van der Waals surface area contributed by atoms with Gasteiger partial charge < -0.3 is 29.6 Å². The third kappa shape index (κ3) is 7.59. The predicted octanol–water partition coefficient (Wildman–Crippen LogP) is 3.67. The van der Waals surface area contributed by atoms with E-state index in [9.17, 15) is 14.4 Å². The quantitative estimate of drug-likeness (QED) is 0.342. The zero-order valence-electron chi connectivity index (χ0n) is 20.4. The van der Waals surface area contributed by atoms with Crippen LogP contribution in [0.5, 0.6) is 11.5 Å². The number of nitrogens with zero attached hydrogens (tertiary/aromatic N) is 1. The van der Waals surface area contributed by atoms with Crippen LogP contribution in [0.15, 0.2) is 59.5 Å². The number of ether oxygens (including phenoxy) is 2. The Morgan fingerprint density at radius 1 is 1.08 bits per heavy atom. The molecule has 0 radical (unpaired) electrons. The average molecular weight is 496 g/mol. The van der Waals surface area contributed by atoms with Crippen molar-refractivity contribution in [3.8, 4) is 22.8 Å². The normalized spacial score (nSPS) is 11.0. The molecule has 36 heavy (non-hydrogen) atoms. The smallest absolute Gasteiger partial charge is 0.313 e. The lowest BCUT2D eigenvalue weighted by atomic mass is 10.0. The number of aromatic nitrogens is 1. The Morgan fingerprint density at radius 3 is 2.47 bits per heavy atom. The number of hydrogen-bond donors (Lipinski definition) is 3. The fraction of sp³-hybridized carbons (Fsp3) is 0.308. The van der Waals surface area contributed by atoms with Gasteiger partial charge in [-0.3, -0.25) is 14.4 Å². The maximum absolute atomic E-state index is 12.5. The molecule has 0 saturated heterocycles. The summed E-state index contributed by atoms with van der Waals surface area (Å²) < 4.78 is 16.4. The molecule has 10 heteroatoms. The molecule has 3 rings (SSSR count). The van der Waals surface area contributed by atoms with Crippen LogP contribution in [0, 0.1) is 0 Å². The van der Waals surface area contributed by atoms with Crippen LogP contribution in [0.25, 0.3) is 11.3 Å². The number of aryl methyl sites for hydroxylation is 1. The number of rotatable bonds is 11. The number of carboxylic acid groups (broad SMARTS) is 1. The molecule has 0 fully saturated rings. The lowest BCUT2D eigenvalue weighted by Crippen LogP contribution is -2.48. The van der Waals surface area contributed by atoms with Crippen molar-refractivity contribution in [2.45, 2.75) is 38.6 Å². The molecule has 2 amide bonds. The maximum Gasteiger partial charge on any atom is 0.313 e. The zero-order valence-corrected chi connectivity index (χ0v) is 20.4. The summed E-state index contributed by atoms with van der Waals surface area (Å²) in [5, 5.41) is 14.1. The second-order valence-electron chi connectivity index (χ2n) is 8.71. The standard InChI is InChI=1S/C26H29N3O7/c1-26(2,12-13-35-19-8-4-17(5-9-19)6-11-23(30)31)29-25(33)24(32)28-18-7-10-20(21(14-18)34-3)22-15-27-16-36-22/h4-5,7-10,14-16H,6,11-13H2,1-3H3,(H,28,32)(H,29,33)(H,30,31). The monoisotopic (exact) mass is 495 g/mol. The minimum absolute atomic E-state index is 0.0726. The van der Waals surface area contributed by atoms with E-state index in [1.54, 1.807) is 50.4 Å². The molecule has 0 aliphatic rings. The molecule has 3 N–H and O–H groups in total. The maximum atomic E-state index is 12.5. The van der Waals surface area contributed by atoms with Crippen molar-refractivity contribution >= 4 is 23.5 Å². The van der Waals surface area contributed by atoms with Gasteiger partial charge in [-0.05, 0) is 50.1 Å². The molecule has 0 aliphatic heterocycles. The third-order valence-electron chi connectivity index (χ3n) is 5.36. The van der Waals surface area contributed by atoms with E-state index < -0.39 is 23.3 Å². The van der Waals surface area contributed by atoms with E-state index in [0.29, 0.717) is 48.0 Å². The van der Waals surface area contributed by atoms with Crippen molar-refractivity contribution < 1.29 is 33.4 Å². The third-order valence-corrected chi connectivity index (χ3v) is 5.36. The van der Waals surface area contributed by atoms with Crippen LogP contribution in [0.2, 0.25) is 0 Å². The zero-order chi connectivity index (χ0) is 26.1. The first-order chi connectivity index (χ1) is 17.2. The fourth-order valence-electron chi connectivity index (χ4n) is 3.36. The lowest BCUT2D eigenvalue weighted by Gasteiger charge is -2.26. The summed E-state index contributed by atoms with van der Waals surface area (Å²) in [6.07, 6.45) is 3.83. The van der Waals surface area contributed by atoms with Crippen molar-refractivity contribution in [2.75, 3.05) is 19.0 Å². The number of carbonyl (C=O) groups is 3. The van der Waals surface area contributed by atoms with E-state index in [0.717, 1.165) is 5.56 Å². The lowest BCUT2D eigenvalue weighted by molar-refractivity contribution is -0.137. The van der Waals surface area contributed by atoms with Crippen LogP contribution in [-0.4, -0.2) is 47.1 Å². The molecule has 10 nitrogen and oxygen atoms in total. The fourth-order valence-corrected chi connectivity index (χ4v) is 3.36. The van der Waals surface area contributed by atoms with Crippen LogP contribution in [0.1, 0.15) is 32.3 Å². The van der Waals surface area contributed by atoms with Gasteiger partial charge in [0.15, 0.2) is 12.2 Å². The number of carbonyl (C=O) groups excluding carboxylic acids is 2. The SMILES string of the molecule is COc1cc(NC(=O)C(=O)NC(C)(C)CCOc2ccc(CCC(=O)O)cc2)ccc1-c1cnco1. The minimum Gasteiger partial charge on any atom is -0.496 e. The highest BCUT2D eigenvalue weighted by molar-refractivity contribution is 6.39. The first kappa shape index (κ1) is 26.3. The van der Waals surface area contributed by atoms with Crippen molar-refractivity contribution in [1.29, 1.82) is 0 Å². The van der Waals surface area contributed by atoms with E-state index in [2.05, 4.69) is 15.6 Å². The highest BCUT2D eigenvalue weighted by Crippen LogP contribution is 2.32. The predicted molar refractivity (Wildman–Crippen MR) is 132 cm³/mol. The van der Waals surface area contributed by atoms with E-state index >= 15 is 0 Å². The molecule has 3 aromatic rings. The summed E-state index contributed by atoms with van der Waals surface area (Å²) in [5.74, 6) is -0.820. The Hall–Kier alpha value is -4.34. The summed E-state index contributed by atoms with van der Waals surface area (Å²) in [7, 11) is 1.49. The molecular weight excluding hydrogens is 466 g/mol. The topological polar surface area (TPSA) is 140 Å². The number of oxazole rings is 1. The van der Waals surface area contributed by atoms with Gasteiger partial charge >= 0.3 is 17.8 Å². The highest BCUT2D eigenvalue weighted by atomic mass is 16.5. The number of amides is 2. The molecule has 0 atom stereocenters. The van der Waals surface area contributed by atoms with Gasteiger partial charge in [0.1, 0.15) is 11.5 Å². The Morgan fingerprint density at radius 2 is 1.83 bits per heavy atom. The van der Waals surface area contributed by atoms with Crippen LogP contribution < -0.4 is 20.1 Å². The molecule has 0 unspecified atom stereocenters. The number of carboxylic acids is 1. The minimum atomic E-state index is -0.839. The molecule has 0 bridgehead atoms. The van der Waals surface area contributed by atoms with Crippen molar-refractivity contribution in [3.05, 3.63) is 60.6 Å². The van der Waals surface area contributed by atoms with Gasteiger partial charge in [0.2, 0.25) is 0 Å². The van der Waals surface area contributed by atoms with Crippen LogP contribution in [-0.2, 0) is 20.8 Å². The molecule has 0 saturated carbocycles. The van der Waals surface area contributed by atoms with Crippen molar-refractivity contribution in [2.24, 2.45) is 0 Å². The van der Waals surface area contributed by atoms with E-state index in [-0.39, 0.29) is 6.42 Å². The van der Waals surface area contributed by atoms with Gasteiger partial charge in [-0.15, -0.1) is 0 Å². The Balaban J connectivity index is 1.48. The van der Waals surface area contributed by atoms with E-state index in [4.69, 9.17) is 19.0 Å². The molecule has 0 spiro atoms. The number of benzene rings is 2. The van der Waals surface area contributed by atoms with Gasteiger partial charge in [0.25, 0.3) is 0 Å². The van der Waals surface area contributed by atoms with Gasteiger partial charge in [0, 0.05) is 30.1 Å². The Kier molecular flexibility index (Phi) is 8.66. The number of aliphatic carboxylic acids is 1. The van der Waals surface area contributed by atoms with Crippen LogP contribution in [0.3, 0.4) is 0 Å². The average Bonchev–Trinajstić information content (AvgIpc) is 3.37. The van der Waals surface area contributed by atoms with Gasteiger partial charge in [0.05, 0.1) is 25.5 Å². The molecule has 2 aromatic carbocycles. The summed E-state index contributed by atoms with van der Waals surface area (Å²) in [5.41, 5.74) is 1.26. The van der Waals surface area contributed by atoms with E-state index in [1.807, 2.05) is 12.1 Å². The molecular formula is C26H29N3O7. The largest absolute Gasteiger partial charge is 0.496 e. The van der Waals surface area contributed by atoms with Crippen LogP contribution in [0.4, 0.5) is 5.69 Å². The molecule has 190 valence electrons. The summed E-state index contributed by atoms with van der Waals surface area (Å²) in [6, 6.07) is 12.1. The molecule has 1 heterocycles. The second kappa shape index (κ2) is 11.9. The summed E-state index contributed by atoms with van der Waals surface area (Å²) in [6.45, 7) is 3.90. The number of methoxy groups -OCH3 is 1. The molecule has 1 aromatic heterocycles. The summed E-state index contributed by atoms with van der Waals surface area (Å²) in [4.78, 5) is 39.5. The number of anilines is 1. The summed E-state index contributed by atoms with van der Waals surface area (Å²) >= 11 is 0. The first-order valence-electron chi connectivity index (χ1n) is 11.3. The van der Waals surface area contributed by atoms with Crippen LogP contribution >= 0.6 is 0 Å². The highest BCUT2D eigenvalue weighted by Gasteiger charge is 2.25. The number of hydrogen-bond acceptors (Lipinski definition) is 7. The van der Waals surface area contributed by atoms with Crippen molar-refractivity contribution in [1.82, 2.24) is 10.3 Å². The van der Waals surface area contributed by atoms with Gasteiger partial charge in [-0.2, -0.15) is 0 Å².